The lowest BCUT2D eigenvalue weighted by molar-refractivity contribution is 0.627. The predicted octanol–water partition coefficient (Wildman–Crippen LogP) is 2.04. The van der Waals surface area contributed by atoms with E-state index >= 15 is 0 Å². The highest BCUT2D eigenvalue weighted by atomic mass is 32.1. The Balaban J connectivity index is 2.53. The maximum atomic E-state index is 12.4. The summed E-state index contributed by atoms with van der Waals surface area (Å²) in [6.45, 7) is 0. The van der Waals surface area contributed by atoms with E-state index in [0.717, 1.165) is 12.0 Å². The number of thiocarbonyl (C=S) groups is 1. The van der Waals surface area contributed by atoms with Crippen LogP contribution >= 0.6 is 12.2 Å². The summed E-state index contributed by atoms with van der Waals surface area (Å²) in [6, 6.07) is 6.37. The van der Waals surface area contributed by atoms with E-state index in [1.165, 1.54) is 12.1 Å². The summed E-state index contributed by atoms with van der Waals surface area (Å²) in [7, 11) is 0. The van der Waals surface area contributed by atoms with E-state index < -0.39 is 0 Å². The van der Waals surface area contributed by atoms with Gasteiger partial charge in [0.1, 0.15) is 5.82 Å². The number of aryl methyl sites for hydroxylation is 1. The SMILES string of the molecule is NC(=S)CCc1ccc(F)cc1. The Hall–Kier alpha value is -0.960. The monoisotopic (exact) mass is 183 g/mol. The van der Waals surface area contributed by atoms with Crippen LogP contribution in [0.4, 0.5) is 4.39 Å². The van der Waals surface area contributed by atoms with Crippen molar-refractivity contribution in [3.8, 4) is 0 Å². The van der Waals surface area contributed by atoms with Gasteiger partial charge in [0.05, 0.1) is 4.99 Å². The maximum absolute atomic E-state index is 12.4. The summed E-state index contributed by atoms with van der Waals surface area (Å²) >= 11 is 4.72. The molecule has 0 aliphatic rings. The topological polar surface area (TPSA) is 26.0 Å². The van der Waals surface area contributed by atoms with Crippen molar-refractivity contribution >= 4 is 17.2 Å². The highest BCUT2D eigenvalue weighted by Crippen LogP contribution is 2.05. The second-order valence-corrected chi connectivity index (χ2v) is 3.12. The van der Waals surface area contributed by atoms with E-state index in [9.17, 15) is 4.39 Å². The third kappa shape index (κ3) is 2.96. The minimum absolute atomic E-state index is 0.214. The fourth-order valence-electron chi connectivity index (χ4n) is 0.919. The molecule has 0 atom stereocenters. The molecule has 2 N–H and O–H groups in total. The summed E-state index contributed by atoms with van der Waals surface area (Å²) in [5.74, 6) is -0.214. The lowest BCUT2D eigenvalue weighted by Gasteiger charge is -1.98. The molecule has 1 aromatic rings. The van der Waals surface area contributed by atoms with Gasteiger partial charge in [-0.2, -0.15) is 0 Å². The largest absolute Gasteiger partial charge is 0.393 e. The first-order valence-electron chi connectivity index (χ1n) is 3.71. The maximum Gasteiger partial charge on any atom is 0.123 e. The van der Waals surface area contributed by atoms with Gasteiger partial charge in [-0.3, -0.25) is 0 Å². The Labute approximate surface area is 76.4 Å². The molecule has 0 aliphatic carbocycles. The quantitative estimate of drug-likeness (QED) is 0.726. The van der Waals surface area contributed by atoms with Crippen molar-refractivity contribution in [2.24, 2.45) is 5.73 Å². The van der Waals surface area contributed by atoms with Crippen LogP contribution in [-0.4, -0.2) is 4.99 Å². The number of hydrogen-bond acceptors (Lipinski definition) is 1. The van der Waals surface area contributed by atoms with E-state index in [1.54, 1.807) is 12.1 Å². The van der Waals surface area contributed by atoms with E-state index in [-0.39, 0.29) is 5.82 Å². The van der Waals surface area contributed by atoms with Gasteiger partial charge in [0, 0.05) is 6.42 Å². The van der Waals surface area contributed by atoms with E-state index in [1.807, 2.05) is 0 Å². The first-order valence-corrected chi connectivity index (χ1v) is 4.12. The molecule has 0 bridgehead atoms. The number of nitrogens with two attached hydrogens (primary N) is 1. The van der Waals surface area contributed by atoms with Gasteiger partial charge < -0.3 is 5.73 Å². The van der Waals surface area contributed by atoms with Gasteiger partial charge in [0.25, 0.3) is 0 Å². The normalized spacial score (nSPS) is 9.75. The highest BCUT2D eigenvalue weighted by Gasteiger charge is 1.94. The molecule has 64 valence electrons. The lowest BCUT2D eigenvalue weighted by Crippen LogP contribution is -2.08. The average molecular weight is 183 g/mol. The van der Waals surface area contributed by atoms with Crippen molar-refractivity contribution in [1.29, 1.82) is 0 Å². The Bertz CT molecular complexity index is 268. The van der Waals surface area contributed by atoms with Crippen LogP contribution in [0.1, 0.15) is 12.0 Å². The molecule has 1 aromatic carbocycles. The van der Waals surface area contributed by atoms with E-state index in [4.69, 9.17) is 18.0 Å². The van der Waals surface area contributed by atoms with Crippen LogP contribution in [0.15, 0.2) is 24.3 Å². The van der Waals surface area contributed by atoms with Gasteiger partial charge >= 0.3 is 0 Å². The molecular formula is C9H10FNS. The highest BCUT2D eigenvalue weighted by molar-refractivity contribution is 7.80. The Kier molecular flexibility index (Phi) is 3.17. The Morgan fingerprint density at radius 2 is 1.92 bits per heavy atom. The number of benzene rings is 1. The van der Waals surface area contributed by atoms with E-state index in [2.05, 4.69) is 0 Å². The van der Waals surface area contributed by atoms with Crippen LogP contribution in [0.3, 0.4) is 0 Å². The van der Waals surface area contributed by atoms with Gasteiger partial charge in [-0.05, 0) is 24.1 Å². The van der Waals surface area contributed by atoms with E-state index in [0.29, 0.717) is 11.4 Å². The average Bonchev–Trinajstić information content (AvgIpc) is 2.03. The zero-order valence-electron chi connectivity index (χ0n) is 6.59. The smallest absolute Gasteiger partial charge is 0.123 e. The van der Waals surface area contributed by atoms with Gasteiger partial charge in [-0.25, -0.2) is 4.39 Å². The molecule has 0 saturated carbocycles. The van der Waals surface area contributed by atoms with Crippen molar-refractivity contribution < 1.29 is 4.39 Å². The van der Waals surface area contributed by atoms with Crippen molar-refractivity contribution in [2.45, 2.75) is 12.8 Å². The molecule has 0 unspecified atom stereocenters. The van der Waals surface area contributed by atoms with Crippen LogP contribution in [0.5, 0.6) is 0 Å². The lowest BCUT2D eigenvalue weighted by atomic mass is 10.1. The number of hydrogen-bond donors (Lipinski definition) is 1. The van der Waals surface area contributed by atoms with Crippen LogP contribution in [0.2, 0.25) is 0 Å². The molecular weight excluding hydrogens is 173 g/mol. The third-order valence-electron chi connectivity index (χ3n) is 1.57. The van der Waals surface area contributed by atoms with Crippen LogP contribution < -0.4 is 5.73 Å². The van der Waals surface area contributed by atoms with Crippen molar-refractivity contribution in [2.75, 3.05) is 0 Å². The van der Waals surface area contributed by atoms with Crippen LogP contribution in [-0.2, 0) is 6.42 Å². The number of halogens is 1. The Morgan fingerprint density at radius 1 is 1.33 bits per heavy atom. The van der Waals surface area contributed by atoms with Crippen LogP contribution in [0.25, 0.3) is 0 Å². The summed E-state index contributed by atoms with van der Waals surface area (Å²) in [4.78, 5) is 0.499. The molecule has 0 radical (unpaired) electrons. The minimum atomic E-state index is -0.214. The fourth-order valence-corrected chi connectivity index (χ4v) is 1.02. The molecule has 12 heavy (non-hydrogen) atoms. The predicted molar refractivity (Wildman–Crippen MR) is 51.5 cm³/mol. The second kappa shape index (κ2) is 4.16. The molecule has 3 heteroatoms. The first kappa shape index (κ1) is 9.13. The summed E-state index contributed by atoms with van der Waals surface area (Å²) in [5, 5.41) is 0. The standard InChI is InChI=1S/C9H10FNS/c10-8-4-1-7(2-5-8)3-6-9(11)12/h1-2,4-5H,3,6H2,(H2,11,12). The molecule has 0 amide bonds. The summed E-state index contributed by atoms with van der Waals surface area (Å²) in [5.41, 5.74) is 6.39. The molecule has 1 rings (SSSR count). The van der Waals surface area contributed by atoms with Gasteiger partial charge in [0.2, 0.25) is 0 Å². The Morgan fingerprint density at radius 3 is 2.42 bits per heavy atom. The molecule has 0 saturated heterocycles. The van der Waals surface area contributed by atoms with Crippen molar-refractivity contribution in [3.05, 3.63) is 35.6 Å². The molecule has 0 spiro atoms. The summed E-state index contributed by atoms with van der Waals surface area (Å²) in [6.07, 6.45) is 1.47. The summed E-state index contributed by atoms with van der Waals surface area (Å²) < 4.78 is 12.4. The third-order valence-corrected chi connectivity index (χ3v) is 1.78. The second-order valence-electron chi connectivity index (χ2n) is 2.59. The first-order chi connectivity index (χ1) is 5.68. The minimum Gasteiger partial charge on any atom is -0.393 e. The van der Waals surface area contributed by atoms with Crippen molar-refractivity contribution in [1.82, 2.24) is 0 Å². The molecule has 0 aliphatic heterocycles. The number of rotatable bonds is 3. The molecule has 0 heterocycles. The van der Waals surface area contributed by atoms with Crippen molar-refractivity contribution in [3.63, 3.8) is 0 Å². The van der Waals surface area contributed by atoms with Crippen LogP contribution in [0, 0.1) is 5.82 Å². The van der Waals surface area contributed by atoms with Gasteiger partial charge in [-0.1, -0.05) is 24.4 Å². The zero-order chi connectivity index (χ0) is 8.97. The van der Waals surface area contributed by atoms with Gasteiger partial charge in [-0.15, -0.1) is 0 Å². The molecule has 0 aromatic heterocycles. The molecule has 0 fully saturated rings. The molecule has 1 nitrogen and oxygen atoms in total. The zero-order valence-corrected chi connectivity index (χ0v) is 7.40. The fraction of sp³-hybridized carbons (Fsp3) is 0.222. The van der Waals surface area contributed by atoms with Gasteiger partial charge in [0.15, 0.2) is 0 Å².